The van der Waals surface area contributed by atoms with Crippen molar-refractivity contribution in [3.63, 3.8) is 0 Å². The number of hydrogen-bond acceptors (Lipinski definition) is 2. The molecule has 0 aliphatic rings. The van der Waals surface area contributed by atoms with E-state index in [0.717, 1.165) is 16.7 Å². The summed E-state index contributed by atoms with van der Waals surface area (Å²) < 4.78 is 5.15. The molecule has 0 spiro atoms. The number of methoxy groups -OCH3 is 1. The van der Waals surface area contributed by atoms with Gasteiger partial charge in [-0.1, -0.05) is 53.5 Å². The van der Waals surface area contributed by atoms with Crippen LogP contribution in [0, 0.1) is 0 Å². The second kappa shape index (κ2) is 7.09. The molecule has 0 amide bonds. The predicted octanol–water partition coefficient (Wildman–Crippen LogP) is 4.42. The second-order valence-electron chi connectivity index (χ2n) is 4.59. The van der Waals surface area contributed by atoms with Gasteiger partial charge in [0.1, 0.15) is 0 Å². The summed E-state index contributed by atoms with van der Waals surface area (Å²) in [6.45, 7) is 0.474. The van der Waals surface area contributed by atoms with Crippen molar-refractivity contribution in [3.8, 4) is 0 Å². The Labute approximate surface area is 128 Å². The Morgan fingerprint density at radius 1 is 1.10 bits per heavy atom. The zero-order valence-electron chi connectivity index (χ0n) is 11.1. The van der Waals surface area contributed by atoms with E-state index in [2.05, 4.69) is 0 Å². The van der Waals surface area contributed by atoms with Crippen LogP contribution in [0.25, 0.3) is 0 Å². The Hall–Kier alpha value is -1.06. The molecule has 2 rings (SSSR count). The number of rotatable bonds is 5. The summed E-state index contributed by atoms with van der Waals surface area (Å²) in [7, 11) is 1.64. The van der Waals surface area contributed by atoms with Crippen LogP contribution in [-0.4, -0.2) is 12.2 Å². The van der Waals surface area contributed by atoms with Gasteiger partial charge in [-0.25, -0.2) is 0 Å². The molecule has 0 saturated heterocycles. The standard InChI is InChI=1S/C16H16Cl2O2/c1-20-10-12-4-2-3-5-14(12)16(19)8-11-6-7-13(17)9-15(11)18/h2-7,9,16,19H,8,10H2,1H3. The van der Waals surface area contributed by atoms with E-state index in [0.29, 0.717) is 23.1 Å². The maximum atomic E-state index is 10.4. The second-order valence-corrected chi connectivity index (χ2v) is 5.43. The van der Waals surface area contributed by atoms with Crippen LogP contribution in [0.5, 0.6) is 0 Å². The first-order valence-corrected chi connectivity index (χ1v) is 7.06. The fourth-order valence-electron chi connectivity index (χ4n) is 2.15. The smallest absolute Gasteiger partial charge is 0.0834 e. The van der Waals surface area contributed by atoms with Gasteiger partial charge in [-0.15, -0.1) is 0 Å². The Kier molecular flexibility index (Phi) is 5.44. The maximum absolute atomic E-state index is 10.4. The molecular weight excluding hydrogens is 295 g/mol. The molecule has 0 heterocycles. The predicted molar refractivity (Wildman–Crippen MR) is 82.3 cm³/mol. The molecule has 2 aromatic carbocycles. The molecule has 0 fully saturated rings. The molecule has 0 saturated carbocycles. The SMILES string of the molecule is COCc1ccccc1C(O)Cc1ccc(Cl)cc1Cl. The molecule has 1 atom stereocenters. The fraction of sp³-hybridized carbons (Fsp3) is 0.250. The lowest BCUT2D eigenvalue weighted by Gasteiger charge is -2.16. The molecule has 0 aromatic heterocycles. The summed E-state index contributed by atoms with van der Waals surface area (Å²) in [5, 5.41) is 11.6. The summed E-state index contributed by atoms with van der Waals surface area (Å²) >= 11 is 12.0. The molecule has 4 heteroatoms. The van der Waals surface area contributed by atoms with Crippen LogP contribution in [0.4, 0.5) is 0 Å². The lowest BCUT2D eigenvalue weighted by molar-refractivity contribution is 0.161. The van der Waals surface area contributed by atoms with E-state index < -0.39 is 6.10 Å². The third kappa shape index (κ3) is 3.74. The third-order valence-corrected chi connectivity index (χ3v) is 3.73. The van der Waals surface area contributed by atoms with Gasteiger partial charge in [0.25, 0.3) is 0 Å². The van der Waals surface area contributed by atoms with E-state index in [1.807, 2.05) is 30.3 Å². The molecule has 0 aliphatic heterocycles. The van der Waals surface area contributed by atoms with Crippen molar-refractivity contribution >= 4 is 23.2 Å². The van der Waals surface area contributed by atoms with Crippen LogP contribution >= 0.6 is 23.2 Å². The summed E-state index contributed by atoms with van der Waals surface area (Å²) in [6.07, 6.45) is -0.184. The van der Waals surface area contributed by atoms with E-state index >= 15 is 0 Å². The van der Waals surface area contributed by atoms with E-state index in [-0.39, 0.29) is 0 Å². The lowest BCUT2D eigenvalue weighted by Crippen LogP contribution is -2.06. The van der Waals surface area contributed by atoms with Gasteiger partial charge in [0.2, 0.25) is 0 Å². The lowest BCUT2D eigenvalue weighted by atomic mass is 9.97. The average Bonchev–Trinajstić information content (AvgIpc) is 2.43. The Bertz CT molecular complexity index is 584. The number of aliphatic hydroxyl groups is 1. The highest BCUT2D eigenvalue weighted by atomic mass is 35.5. The Morgan fingerprint density at radius 2 is 1.85 bits per heavy atom. The third-order valence-electron chi connectivity index (χ3n) is 3.14. The highest BCUT2D eigenvalue weighted by Gasteiger charge is 2.14. The number of hydrogen-bond donors (Lipinski definition) is 1. The normalized spacial score (nSPS) is 12.4. The summed E-state index contributed by atoms with van der Waals surface area (Å²) in [6, 6.07) is 13.0. The van der Waals surface area contributed by atoms with E-state index in [4.69, 9.17) is 27.9 Å². The zero-order valence-corrected chi connectivity index (χ0v) is 12.7. The van der Waals surface area contributed by atoms with Crippen molar-refractivity contribution in [3.05, 3.63) is 69.2 Å². The van der Waals surface area contributed by atoms with Crippen molar-refractivity contribution in [1.29, 1.82) is 0 Å². The van der Waals surface area contributed by atoms with Crippen LogP contribution in [0.3, 0.4) is 0 Å². The molecular formula is C16H16Cl2O2. The van der Waals surface area contributed by atoms with E-state index in [1.165, 1.54) is 0 Å². The average molecular weight is 311 g/mol. The van der Waals surface area contributed by atoms with Crippen LogP contribution in [-0.2, 0) is 17.8 Å². The van der Waals surface area contributed by atoms with Gasteiger partial charge in [-0.05, 0) is 28.8 Å². The summed E-state index contributed by atoms with van der Waals surface area (Å²) in [5.74, 6) is 0. The number of ether oxygens (including phenoxy) is 1. The zero-order chi connectivity index (χ0) is 14.5. The van der Waals surface area contributed by atoms with Crippen molar-refractivity contribution in [2.24, 2.45) is 0 Å². The molecule has 2 nitrogen and oxygen atoms in total. The molecule has 1 N–H and O–H groups in total. The van der Waals surface area contributed by atoms with Crippen LogP contribution in [0.2, 0.25) is 10.0 Å². The van der Waals surface area contributed by atoms with Crippen LogP contribution in [0.1, 0.15) is 22.8 Å². The van der Waals surface area contributed by atoms with E-state index in [1.54, 1.807) is 19.2 Å². The number of benzene rings is 2. The fourth-order valence-corrected chi connectivity index (χ4v) is 2.64. The minimum atomic E-state index is -0.625. The highest BCUT2D eigenvalue weighted by molar-refractivity contribution is 6.35. The van der Waals surface area contributed by atoms with Gasteiger partial charge in [0, 0.05) is 23.6 Å². The van der Waals surface area contributed by atoms with Gasteiger partial charge in [0.15, 0.2) is 0 Å². The van der Waals surface area contributed by atoms with Gasteiger partial charge in [-0.3, -0.25) is 0 Å². The van der Waals surface area contributed by atoms with Gasteiger partial charge >= 0.3 is 0 Å². The molecule has 0 radical (unpaired) electrons. The monoisotopic (exact) mass is 310 g/mol. The van der Waals surface area contributed by atoms with Gasteiger partial charge in [0.05, 0.1) is 12.7 Å². The van der Waals surface area contributed by atoms with Gasteiger partial charge in [-0.2, -0.15) is 0 Å². The quantitative estimate of drug-likeness (QED) is 0.886. The minimum Gasteiger partial charge on any atom is -0.388 e. The van der Waals surface area contributed by atoms with Crippen molar-refractivity contribution in [2.75, 3.05) is 7.11 Å². The molecule has 0 bridgehead atoms. The van der Waals surface area contributed by atoms with E-state index in [9.17, 15) is 5.11 Å². The molecule has 106 valence electrons. The summed E-state index contributed by atoms with van der Waals surface area (Å²) in [5.41, 5.74) is 2.71. The number of aliphatic hydroxyl groups excluding tert-OH is 1. The van der Waals surface area contributed by atoms with Crippen molar-refractivity contribution < 1.29 is 9.84 Å². The molecule has 0 aliphatic carbocycles. The minimum absolute atomic E-state index is 0.441. The molecule has 1 unspecified atom stereocenters. The van der Waals surface area contributed by atoms with Crippen LogP contribution in [0.15, 0.2) is 42.5 Å². The maximum Gasteiger partial charge on any atom is 0.0834 e. The summed E-state index contributed by atoms with van der Waals surface area (Å²) in [4.78, 5) is 0. The largest absolute Gasteiger partial charge is 0.388 e. The molecule has 20 heavy (non-hydrogen) atoms. The molecule has 2 aromatic rings. The van der Waals surface area contributed by atoms with Gasteiger partial charge < -0.3 is 9.84 Å². The topological polar surface area (TPSA) is 29.5 Å². The Morgan fingerprint density at radius 3 is 2.55 bits per heavy atom. The van der Waals surface area contributed by atoms with Crippen molar-refractivity contribution in [1.82, 2.24) is 0 Å². The first-order valence-electron chi connectivity index (χ1n) is 6.30. The van der Waals surface area contributed by atoms with Crippen LogP contribution < -0.4 is 0 Å². The highest BCUT2D eigenvalue weighted by Crippen LogP contribution is 2.27. The first-order chi connectivity index (χ1) is 9.61. The van der Waals surface area contributed by atoms with Crippen molar-refractivity contribution in [2.45, 2.75) is 19.1 Å². The number of halogens is 2. The first kappa shape index (κ1) is 15.3. The Balaban J connectivity index is 2.21.